The van der Waals surface area contributed by atoms with E-state index in [9.17, 15) is 4.79 Å². The van der Waals surface area contributed by atoms with E-state index in [1.807, 2.05) is 0 Å². The first kappa shape index (κ1) is 12.5. The number of rotatable bonds is 6. The maximum atomic E-state index is 11.4. The third-order valence-corrected chi connectivity index (χ3v) is 2.51. The van der Waals surface area contributed by atoms with Crippen LogP contribution >= 0.6 is 0 Å². The Morgan fingerprint density at radius 2 is 1.92 bits per heavy atom. The summed E-state index contributed by atoms with van der Waals surface area (Å²) in [7, 11) is 1.72. The van der Waals surface area contributed by atoms with Gasteiger partial charge >= 0.3 is 0 Å². The second-order valence-corrected chi connectivity index (χ2v) is 3.96. The van der Waals surface area contributed by atoms with Crippen LogP contribution in [-0.2, 0) is 4.79 Å². The van der Waals surface area contributed by atoms with E-state index in [4.69, 9.17) is 0 Å². The van der Waals surface area contributed by atoms with Gasteiger partial charge in [-0.2, -0.15) is 0 Å². The van der Waals surface area contributed by atoms with E-state index in [0.717, 1.165) is 6.42 Å². The molecule has 0 aliphatic heterocycles. The summed E-state index contributed by atoms with van der Waals surface area (Å²) in [6, 6.07) is 0. The molecule has 13 heavy (non-hydrogen) atoms. The Morgan fingerprint density at radius 1 is 1.31 bits per heavy atom. The van der Waals surface area contributed by atoms with E-state index in [2.05, 4.69) is 26.1 Å². The average molecular weight is 185 g/mol. The predicted molar refractivity (Wildman–Crippen MR) is 56.5 cm³/mol. The van der Waals surface area contributed by atoms with Gasteiger partial charge in [0.15, 0.2) is 0 Å². The number of hydrogen-bond acceptors (Lipinski definition) is 1. The van der Waals surface area contributed by atoms with Crippen molar-refractivity contribution in [1.29, 1.82) is 0 Å². The van der Waals surface area contributed by atoms with E-state index >= 15 is 0 Å². The number of carbonyl (C=O) groups is 1. The Kier molecular flexibility index (Phi) is 6.65. The average Bonchev–Trinajstić information content (AvgIpc) is 2.11. The topological polar surface area (TPSA) is 29.1 Å². The second kappa shape index (κ2) is 6.93. The highest BCUT2D eigenvalue weighted by Gasteiger charge is 2.19. The van der Waals surface area contributed by atoms with Crippen molar-refractivity contribution in [2.75, 3.05) is 7.05 Å². The molecule has 0 saturated carbocycles. The van der Waals surface area contributed by atoms with Crippen LogP contribution in [-0.4, -0.2) is 13.0 Å². The summed E-state index contributed by atoms with van der Waals surface area (Å²) < 4.78 is 0. The molecule has 0 fully saturated rings. The molecule has 0 saturated heterocycles. The number of hydrogen-bond donors (Lipinski definition) is 1. The Bertz CT molecular complexity index is 143. The van der Waals surface area contributed by atoms with Crippen LogP contribution in [0.15, 0.2) is 0 Å². The first-order valence-electron chi connectivity index (χ1n) is 5.35. The van der Waals surface area contributed by atoms with Gasteiger partial charge in [0.05, 0.1) is 0 Å². The van der Waals surface area contributed by atoms with Crippen LogP contribution in [0.25, 0.3) is 0 Å². The molecule has 1 atom stereocenters. The van der Waals surface area contributed by atoms with Crippen LogP contribution in [0.5, 0.6) is 0 Å². The Hall–Kier alpha value is -0.530. The molecule has 0 rings (SSSR count). The predicted octanol–water partition coefficient (Wildman–Crippen LogP) is 2.58. The van der Waals surface area contributed by atoms with Crippen molar-refractivity contribution < 1.29 is 4.79 Å². The number of amides is 1. The molecule has 0 bridgehead atoms. The molecule has 0 aliphatic carbocycles. The fourth-order valence-electron chi connectivity index (χ4n) is 1.57. The lowest BCUT2D eigenvalue weighted by Crippen LogP contribution is -2.30. The lowest BCUT2D eigenvalue weighted by atomic mass is 9.89. The number of unbranched alkanes of at least 4 members (excludes halogenated alkanes) is 2. The molecular formula is C11H23NO. The lowest BCUT2D eigenvalue weighted by Gasteiger charge is -2.18. The van der Waals surface area contributed by atoms with Gasteiger partial charge in [-0.05, 0) is 12.3 Å². The third-order valence-electron chi connectivity index (χ3n) is 2.51. The maximum Gasteiger partial charge on any atom is 0.223 e. The first-order chi connectivity index (χ1) is 6.13. The van der Waals surface area contributed by atoms with Gasteiger partial charge in [-0.25, -0.2) is 0 Å². The highest BCUT2D eigenvalue weighted by molar-refractivity contribution is 5.78. The maximum absolute atomic E-state index is 11.4. The first-order valence-corrected chi connectivity index (χ1v) is 5.35. The molecule has 1 unspecified atom stereocenters. The SMILES string of the molecule is CCCCCC(C(=O)NC)C(C)C. The molecule has 1 amide bonds. The highest BCUT2D eigenvalue weighted by Crippen LogP contribution is 2.18. The van der Waals surface area contributed by atoms with Gasteiger partial charge in [0, 0.05) is 13.0 Å². The molecule has 0 aliphatic rings. The zero-order valence-corrected chi connectivity index (χ0v) is 9.39. The lowest BCUT2D eigenvalue weighted by molar-refractivity contribution is -0.126. The third kappa shape index (κ3) is 4.91. The van der Waals surface area contributed by atoms with Crippen LogP contribution in [0.1, 0.15) is 46.5 Å². The molecule has 78 valence electrons. The Labute approximate surface area is 82.1 Å². The summed E-state index contributed by atoms with van der Waals surface area (Å²) in [6.45, 7) is 6.42. The molecule has 2 heteroatoms. The largest absolute Gasteiger partial charge is 0.359 e. The van der Waals surface area contributed by atoms with Crippen LogP contribution < -0.4 is 5.32 Å². The normalized spacial score (nSPS) is 13.0. The van der Waals surface area contributed by atoms with Crippen LogP contribution in [0.4, 0.5) is 0 Å². The summed E-state index contributed by atoms with van der Waals surface area (Å²) in [5, 5.41) is 2.73. The molecule has 0 heterocycles. The van der Waals surface area contributed by atoms with Gasteiger partial charge in [0.2, 0.25) is 5.91 Å². The minimum absolute atomic E-state index is 0.200. The van der Waals surface area contributed by atoms with E-state index in [-0.39, 0.29) is 11.8 Å². The van der Waals surface area contributed by atoms with Gasteiger partial charge in [-0.1, -0.05) is 40.0 Å². The van der Waals surface area contributed by atoms with Crippen LogP contribution in [0.2, 0.25) is 0 Å². The van der Waals surface area contributed by atoms with Gasteiger partial charge < -0.3 is 5.32 Å². The minimum atomic E-state index is 0.200. The quantitative estimate of drug-likeness (QED) is 0.633. The van der Waals surface area contributed by atoms with Crippen molar-refractivity contribution in [2.45, 2.75) is 46.5 Å². The van der Waals surface area contributed by atoms with Gasteiger partial charge in [0.25, 0.3) is 0 Å². The van der Waals surface area contributed by atoms with Gasteiger partial charge in [-0.3, -0.25) is 4.79 Å². The van der Waals surface area contributed by atoms with Crippen molar-refractivity contribution >= 4 is 5.91 Å². The standard InChI is InChI=1S/C11H23NO/c1-5-6-7-8-10(9(2)3)11(13)12-4/h9-10H,5-8H2,1-4H3,(H,12,13). The van der Waals surface area contributed by atoms with Crippen LogP contribution in [0, 0.1) is 11.8 Å². The van der Waals surface area contributed by atoms with Crippen LogP contribution in [0.3, 0.4) is 0 Å². The number of nitrogens with one attached hydrogen (secondary N) is 1. The summed E-state index contributed by atoms with van der Waals surface area (Å²) in [4.78, 5) is 11.4. The Balaban J connectivity index is 3.88. The monoisotopic (exact) mass is 185 g/mol. The summed E-state index contributed by atoms with van der Waals surface area (Å²) >= 11 is 0. The fraction of sp³-hybridized carbons (Fsp3) is 0.909. The van der Waals surface area contributed by atoms with Crippen molar-refractivity contribution in [1.82, 2.24) is 5.32 Å². The van der Waals surface area contributed by atoms with Gasteiger partial charge in [-0.15, -0.1) is 0 Å². The van der Waals surface area contributed by atoms with Crippen molar-refractivity contribution in [3.05, 3.63) is 0 Å². The molecule has 1 N–H and O–H groups in total. The van der Waals surface area contributed by atoms with Crippen molar-refractivity contribution in [2.24, 2.45) is 11.8 Å². The molecule has 0 aromatic carbocycles. The molecule has 0 spiro atoms. The molecular weight excluding hydrogens is 162 g/mol. The molecule has 0 aromatic heterocycles. The van der Waals surface area contributed by atoms with E-state index in [0.29, 0.717) is 5.92 Å². The molecule has 0 aromatic rings. The Morgan fingerprint density at radius 3 is 2.31 bits per heavy atom. The van der Waals surface area contributed by atoms with Crippen molar-refractivity contribution in [3.8, 4) is 0 Å². The second-order valence-electron chi connectivity index (χ2n) is 3.96. The zero-order chi connectivity index (χ0) is 10.3. The van der Waals surface area contributed by atoms with Crippen molar-refractivity contribution in [3.63, 3.8) is 0 Å². The van der Waals surface area contributed by atoms with E-state index < -0.39 is 0 Å². The highest BCUT2D eigenvalue weighted by atomic mass is 16.1. The minimum Gasteiger partial charge on any atom is -0.359 e. The number of carbonyl (C=O) groups excluding carboxylic acids is 1. The van der Waals surface area contributed by atoms with Gasteiger partial charge in [0.1, 0.15) is 0 Å². The fourth-order valence-corrected chi connectivity index (χ4v) is 1.57. The van der Waals surface area contributed by atoms with E-state index in [1.165, 1.54) is 19.3 Å². The van der Waals surface area contributed by atoms with E-state index in [1.54, 1.807) is 7.05 Å². The zero-order valence-electron chi connectivity index (χ0n) is 9.39. The summed E-state index contributed by atoms with van der Waals surface area (Å²) in [5.74, 6) is 0.861. The molecule has 0 radical (unpaired) electrons. The molecule has 2 nitrogen and oxygen atoms in total. The smallest absolute Gasteiger partial charge is 0.223 e. The summed E-state index contributed by atoms with van der Waals surface area (Å²) in [6.07, 6.45) is 4.66. The summed E-state index contributed by atoms with van der Waals surface area (Å²) in [5.41, 5.74) is 0.